The third kappa shape index (κ3) is 3.30. The van der Waals surface area contributed by atoms with E-state index in [0.29, 0.717) is 11.6 Å². The molecular formula is C17H23BrN2O2. The fourth-order valence-corrected chi connectivity index (χ4v) is 4.00. The number of ether oxygens (including phenoxy) is 1. The van der Waals surface area contributed by atoms with Crippen LogP contribution in [0.4, 0.5) is 0 Å². The van der Waals surface area contributed by atoms with Crippen molar-refractivity contribution in [2.75, 3.05) is 26.7 Å². The lowest BCUT2D eigenvalue weighted by Crippen LogP contribution is -2.43. The summed E-state index contributed by atoms with van der Waals surface area (Å²) in [6, 6.07) is 6.22. The Balaban J connectivity index is 1.64. The highest BCUT2D eigenvalue weighted by Gasteiger charge is 2.30. The first-order valence-corrected chi connectivity index (χ1v) is 8.84. The lowest BCUT2D eigenvalue weighted by Gasteiger charge is -2.35. The Labute approximate surface area is 140 Å². The monoisotopic (exact) mass is 366 g/mol. The van der Waals surface area contributed by atoms with E-state index in [1.807, 2.05) is 23.1 Å². The minimum atomic E-state index is 0.101. The summed E-state index contributed by atoms with van der Waals surface area (Å²) < 4.78 is 6.06. The van der Waals surface area contributed by atoms with Gasteiger partial charge in [0.25, 0.3) is 5.91 Å². The van der Waals surface area contributed by atoms with E-state index in [1.165, 1.54) is 12.8 Å². The second kappa shape index (κ2) is 7.01. The molecule has 1 aromatic rings. The zero-order chi connectivity index (χ0) is 15.5. The summed E-state index contributed by atoms with van der Waals surface area (Å²) in [5.74, 6) is 1.54. The standard InChI is InChI=1S/C17H23BrN2O2/c1-22-13-4-5-15(18)14(11-13)17(21)20-9-6-12(7-10-20)16-3-2-8-19-16/h4-5,11-12,16,19H,2-3,6-10H2,1H3. The SMILES string of the molecule is COc1ccc(Br)c(C(=O)N2CCC(C3CCCN3)CC2)c1. The van der Waals surface area contributed by atoms with Crippen molar-refractivity contribution in [3.63, 3.8) is 0 Å². The normalized spacial score (nSPS) is 22.8. The summed E-state index contributed by atoms with van der Waals surface area (Å²) in [5.41, 5.74) is 0.691. The molecular weight excluding hydrogens is 344 g/mol. The molecule has 2 saturated heterocycles. The van der Waals surface area contributed by atoms with Crippen LogP contribution in [-0.4, -0.2) is 43.6 Å². The molecule has 0 radical (unpaired) electrons. The fraction of sp³-hybridized carbons (Fsp3) is 0.588. The van der Waals surface area contributed by atoms with Crippen LogP contribution in [0.5, 0.6) is 5.75 Å². The van der Waals surface area contributed by atoms with Crippen LogP contribution in [-0.2, 0) is 0 Å². The maximum atomic E-state index is 12.7. The number of likely N-dealkylation sites (tertiary alicyclic amines) is 1. The van der Waals surface area contributed by atoms with Crippen molar-refractivity contribution in [1.82, 2.24) is 10.2 Å². The van der Waals surface area contributed by atoms with E-state index in [-0.39, 0.29) is 5.91 Å². The molecule has 1 amide bonds. The number of benzene rings is 1. The molecule has 1 unspecified atom stereocenters. The van der Waals surface area contributed by atoms with Gasteiger partial charge in [0.1, 0.15) is 5.75 Å². The number of carbonyl (C=O) groups excluding carboxylic acids is 1. The molecule has 5 heteroatoms. The average Bonchev–Trinajstić information content (AvgIpc) is 3.09. The summed E-state index contributed by atoms with van der Waals surface area (Å²) in [7, 11) is 1.62. The largest absolute Gasteiger partial charge is 0.497 e. The Morgan fingerprint density at radius 1 is 1.32 bits per heavy atom. The van der Waals surface area contributed by atoms with Crippen LogP contribution in [0.15, 0.2) is 22.7 Å². The third-order valence-electron chi connectivity index (χ3n) is 4.90. The van der Waals surface area contributed by atoms with Gasteiger partial charge in [-0.1, -0.05) is 0 Å². The quantitative estimate of drug-likeness (QED) is 0.893. The van der Waals surface area contributed by atoms with E-state index >= 15 is 0 Å². The lowest BCUT2D eigenvalue weighted by atomic mass is 9.88. The van der Waals surface area contributed by atoms with Crippen LogP contribution in [0.3, 0.4) is 0 Å². The summed E-state index contributed by atoms with van der Waals surface area (Å²) in [6.07, 6.45) is 4.79. The average molecular weight is 367 g/mol. The number of hydrogen-bond acceptors (Lipinski definition) is 3. The van der Waals surface area contributed by atoms with Crippen LogP contribution < -0.4 is 10.1 Å². The highest BCUT2D eigenvalue weighted by Crippen LogP contribution is 2.28. The van der Waals surface area contributed by atoms with Crippen molar-refractivity contribution in [2.45, 2.75) is 31.7 Å². The smallest absolute Gasteiger partial charge is 0.255 e. The van der Waals surface area contributed by atoms with Crippen LogP contribution >= 0.6 is 15.9 Å². The summed E-state index contributed by atoms with van der Waals surface area (Å²) in [5, 5.41) is 3.60. The summed E-state index contributed by atoms with van der Waals surface area (Å²) in [4.78, 5) is 14.7. The number of methoxy groups -OCH3 is 1. The van der Waals surface area contributed by atoms with Gasteiger partial charge in [-0.25, -0.2) is 0 Å². The predicted octanol–water partition coefficient (Wildman–Crippen LogP) is 3.06. The molecule has 3 rings (SSSR count). The summed E-state index contributed by atoms with van der Waals surface area (Å²) >= 11 is 3.48. The maximum Gasteiger partial charge on any atom is 0.255 e. The molecule has 120 valence electrons. The van der Waals surface area contributed by atoms with E-state index in [9.17, 15) is 4.79 Å². The number of piperidine rings is 1. The molecule has 0 bridgehead atoms. The third-order valence-corrected chi connectivity index (χ3v) is 5.59. The second-order valence-electron chi connectivity index (χ2n) is 6.18. The molecule has 1 aromatic carbocycles. The molecule has 1 N–H and O–H groups in total. The van der Waals surface area contributed by atoms with E-state index in [1.54, 1.807) is 7.11 Å². The Bertz CT molecular complexity index is 535. The zero-order valence-electron chi connectivity index (χ0n) is 13.0. The van der Waals surface area contributed by atoms with E-state index in [2.05, 4.69) is 21.2 Å². The van der Waals surface area contributed by atoms with Crippen LogP contribution in [0, 0.1) is 5.92 Å². The first-order chi connectivity index (χ1) is 10.7. The Morgan fingerprint density at radius 2 is 2.09 bits per heavy atom. The number of nitrogens with one attached hydrogen (secondary N) is 1. The molecule has 22 heavy (non-hydrogen) atoms. The van der Waals surface area contributed by atoms with Gasteiger partial charge >= 0.3 is 0 Å². The van der Waals surface area contributed by atoms with Crippen LogP contribution in [0.1, 0.15) is 36.0 Å². The number of carbonyl (C=O) groups is 1. The molecule has 2 heterocycles. The second-order valence-corrected chi connectivity index (χ2v) is 7.03. The number of hydrogen-bond donors (Lipinski definition) is 1. The molecule has 4 nitrogen and oxygen atoms in total. The van der Waals surface area contributed by atoms with E-state index < -0.39 is 0 Å². The minimum absolute atomic E-state index is 0.101. The topological polar surface area (TPSA) is 41.6 Å². The molecule has 0 aliphatic carbocycles. The number of amides is 1. The van der Waals surface area contributed by atoms with Gasteiger partial charge in [-0.05, 0) is 72.3 Å². The van der Waals surface area contributed by atoms with Gasteiger partial charge in [0.2, 0.25) is 0 Å². The van der Waals surface area contributed by atoms with Gasteiger partial charge < -0.3 is 15.0 Å². The predicted molar refractivity (Wildman–Crippen MR) is 90.3 cm³/mol. The Hall–Kier alpha value is -1.07. The van der Waals surface area contributed by atoms with Crippen LogP contribution in [0.25, 0.3) is 0 Å². The summed E-state index contributed by atoms with van der Waals surface area (Å²) in [6.45, 7) is 2.86. The molecule has 0 aromatic heterocycles. The molecule has 2 aliphatic heterocycles. The van der Waals surface area contributed by atoms with Gasteiger partial charge in [-0.3, -0.25) is 4.79 Å². The Morgan fingerprint density at radius 3 is 2.73 bits per heavy atom. The maximum absolute atomic E-state index is 12.7. The van der Waals surface area contributed by atoms with Crippen molar-refractivity contribution >= 4 is 21.8 Å². The molecule has 1 atom stereocenters. The Kier molecular flexibility index (Phi) is 5.03. The molecule has 0 saturated carbocycles. The van der Waals surface area contributed by atoms with E-state index in [4.69, 9.17) is 4.74 Å². The van der Waals surface area contributed by atoms with Crippen molar-refractivity contribution < 1.29 is 9.53 Å². The van der Waals surface area contributed by atoms with Crippen molar-refractivity contribution in [1.29, 1.82) is 0 Å². The lowest BCUT2D eigenvalue weighted by molar-refractivity contribution is 0.0673. The van der Waals surface area contributed by atoms with Gasteiger partial charge in [0, 0.05) is 23.6 Å². The van der Waals surface area contributed by atoms with Crippen molar-refractivity contribution in [3.8, 4) is 5.75 Å². The van der Waals surface area contributed by atoms with Crippen molar-refractivity contribution in [3.05, 3.63) is 28.2 Å². The molecule has 2 aliphatic rings. The van der Waals surface area contributed by atoms with Gasteiger partial charge in [-0.15, -0.1) is 0 Å². The van der Waals surface area contributed by atoms with Crippen molar-refractivity contribution in [2.24, 2.45) is 5.92 Å². The first-order valence-electron chi connectivity index (χ1n) is 8.05. The van der Waals surface area contributed by atoms with Gasteiger partial charge in [-0.2, -0.15) is 0 Å². The molecule has 2 fully saturated rings. The highest BCUT2D eigenvalue weighted by atomic mass is 79.9. The van der Waals surface area contributed by atoms with E-state index in [0.717, 1.165) is 48.6 Å². The number of nitrogens with zero attached hydrogens (tertiary/aromatic N) is 1. The first kappa shape index (κ1) is 15.8. The zero-order valence-corrected chi connectivity index (χ0v) is 14.6. The minimum Gasteiger partial charge on any atom is -0.497 e. The molecule has 0 spiro atoms. The highest BCUT2D eigenvalue weighted by molar-refractivity contribution is 9.10. The fourth-order valence-electron chi connectivity index (χ4n) is 3.58. The van der Waals surface area contributed by atoms with Crippen LogP contribution in [0.2, 0.25) is 0 Å². The number of rotatable bonds is 3. The number of halogens is 1. The van der Waals surface area contributed by atoms with Gasteiger partial charge in [0.05, 0.1) is 12.7 Å². The van der Waals surface area contributed by atoms with Gasteiger partial charge in [0.15, 0.2) is 0 Å².